The van der Waals surface area contributed by atoms with Crippen LogP contribution in [0.1, 0.15) is 76.2 Å². The zero-order valence-corrected chi connectivity index (χ0v) is 24.2. The molecule has 0 atom stereocenters. The molecule has 5 aromatic rings. The minimum absolute atomic E-state index is 0.0304. The molecule has 2 heterocycles. The van der Waals surface area contributed by atoms with Crippen molar-refractivity contribution in [1.29, 1.82) is 0 Å². The maximum Gasteiger partial charge on any atom is 0.339 e. The van der Waals surface area contributed by atoms with Crippen LogP contribution >= 0.6 is 34.8 Å². The SMILES string of the molecule is O=C(O)c1cc(C#Cc2ccc(OCc3c(-c4c(Cl)cccc4Cl)noc3C3CC3)cc2Cl)cc2nc(C3CC3)oc12. The predicted molar refractivity (Wildman–Crippen MR) is 159 cm³/mol. The van der Waals surface area contributed by atoms with Crippen molar-refractivity contribution in [2.45, 2.75) is 44.1 Å². The van der Waals surface area contributed by atoms with Gasteiger partial charge >= 0.3 is 5.97 Å². The van der Waals surface area contributed by atoms with E-state index in [1.807, 2.05) is 0 Å². The number of halogens is 3. The van der Waals surface area contributed by atoms with Crippen molar-refractivity contribution in [3.8, 4) is 28.8 Å². The molecule has 0 radical (unpaired) electrons. The van der Waals surface area contributed by atoms with Gasteiger partial charge in [0, 0.05) is 34.6 Å². The first-order valence-electron chi connectivity index (χ1n) is 13.4. The number of oxazole rings is 1. The van der Waals surface area contributed by atoms with E-state index < -0.39 is 5.97 Å². The van der Waals surface area contributed by atoms with Gasteiger partial charge in [-0.3, -0.25) is 0 Å². The maximum atomic E-state index is 11.9. The van der Waals surface area contributed by atoms with Crippen molar-refractivity contribution < 1.29 is 23.6 Å². The summed E-state index contributed by atoms with van der Waals surface area (Å²) >= 11 is 19.5. The number of benzene rings is 3. The number of hydrogen-bond donors (Lipinski definition) is 1. The third-order valence-corrected chi connectivity index (χ3v) is 8.24. The van der Waals surface area contributed by atoms with Crippen LogP contribution in [-0.4, -0.2) is 21.2 Å². The van der Waals surface area contributed by atoms with E-state index in [4.69, 9.17) is 48.5 Å². The lowest BCUT2D eigenvalue weighted by Crippen LogP contribution is -2.00. The van der Waals surface area contributed by atoms with E-state index in [1.165, 1.54) is 6.07 Å². The van der Waals surface area contributed by atoms with Crippen LogP contribution in [-0.2, 0) is 6.61 Å². The number of aromatic carboxylic acids is 1. The smallest absolute Gasteiger partial charge is 0.339 e. The summed E-state index contributed by atoms with van der Waals surface area (Å²) in [7, 11) is 0. The summed E-state index contributed by atoms with van der Waals surface area (Å²) in [6.45, 7) is 0.187. The van der Waals surface area contributed by atoms with Crippen molar-refractivity contribution in [3.63, 3.8) is 0 Å². The number of carbonyl (C=O) groups is 1. The molecule has 7 rings (SSSR count). The molecule has 0 spiro atoms. The number of ether oxygens (including phenoxy) is 1. The fourth-order valence-electron chi connectivity index (χ4n) is 4.82. The lowest BCUT2D eigenvalue weighted by molar-refractivity contribution is 0.0697. The number of carboxylic acids is 1. The summed E-state index contributed by atoms with van der Waals surface area (Å²) in [5.41, 5.74) is 3.81. The average Bonchev–Trinajstić information content (AvgIpc) is 3.90. The van der Waals surface area contributed by atoms with Gasteiger partial charge in [-0.2, -0.15) is 0 Å². The van der Waals surface area contributed by atoms with Gasteiger partial charge in [-0.15, -0.1) is 0 Å². The molecule has 0 unspecified atom stereocenters. The monoisotopic (exact) mass is 618 g/mol. The average molecular weight is 620 g/mol. The minimum Gasteiger partial charge on any atom is -0.489 e. The normalized spacial score (nSPS) is 14.5. The van der Waals surface area contributed by atoms with Crippen LogP contribution in [0.2, 0.25) is 15.1 Å². The lowest BCUT2D eigenvalue weighted by Gasteiger charge is -2.10. The highest BCUT2D eigenvalue weighted by molar-refractivity contribution is 6.39. The van der Waals surface area contributed by atoms with Gasteiger partial charge in [0.25, 0.3) is 0 Å². The molecule has 2 aliphatic rings. The Morgan fingerprint density at radius 3 is 2.43 bits per heavy atom. The second-order valence-corrected chi connectivity index (χ2v) is 11.7. The third kappa shape index (κ3) is 5.22. The van der Waals surface area contributed by atoms with Gasteiger partial charge < -0.3 is 18.8 Å². The highest BCUT2D eigenvalue weighted by atomic mass is 35.5. The first-order valence-corrected chi connectivity index (χ1v) is 14.5. The molecule has 7 nitrogen and oxygen atoms in total. The third-order valence-electron chi connectivity index (χ3n) is 7.30. The number of rotatable bonds is 7. The molecule has 10 heteroatoms. The number of carboxylic acid groups (broad SMARTS) is 1. The molecule has 0 bridgehead atoms. The van der Waals surface area contributed by atoms with Crippen LogP contribution in [0.5, 0.6) is 5.75 Å². The molecule has 3 aromatic carbocycles. The van der Waals surface area contributed by atoms with Gasteiger partial charge in [0.05, 0.1) is 20.6 Å². The van der Waals surface area contributed by atoms with Crippen molar-refractivity contribution in [2.75, 3.05) is 0 Å². The molecule has 0 saturated heterocycles. The van der Waals surface area contributed by atoms with Crippen molar-refractivity contribution in [2.24, 2.45) is 0 Å². The van der Waals surface area contributed by atoms with Gasteiger partial charge in [0.1, 0.15) is 34.9 Å². The molecule has 2 aliphatic carbocycles. The fourth-order valence-corrected chi connectivity index (χ4v) is 5.61. The topological polar surface area (TPSA) is 98.6 Å². The molecule has 2 aromatic heterocycles. The first-order chi connectivity index (χ1) is 20.4. The molecular weight excluding hydrogens is 599 g/mol. The first kappa shape index (κ1) is 26.9. The fraction of sp³-hybridized carbons (Fsp3) is 0.219. The molecular formula is C32H21Cl3N2O5. The molecule has 1 N–H and O–H groups in total. The summed E-state index contributed by atoms with van der Waals surface area (Å²) in [5.74, 6) is 7.40. The summed E-state index contributed by atoms with van der Waals surface area (Å²) in [6, 6.07) is 13.7. The van der Waals surface area contributed by atoms with E-state index in [0.29, 0.717) is 60.5 Å². The van der Waals surface area contributed by atoms with E-state index in [9.17, 15) is 9.90 Å². The zero-order valence-electron chi connectivity index (χ0n) is 21.9. The highest BCUT2D eigenvalue weighted by Crippen LogP contribution is 2.46. The standard InChI is InChI=1S/C32H21Cl3N2O5/c33-23-2-1-3-24(34)27(23)28-22(29(42-37-28)18-6-7-18)15-40-20-11-10-17(25(35)14-20)5-4-16-12-21(32(38)39)30-26(13-16)36-31(41-30)19-8-9-19/h1-3,10-14,18-19H,6-9,15H2,(H,38,39). The van der Waals surface area contributed by atoms with E-state index in [2.05, 4.69) is 22.0 Å². The Morgan fingerprint density at radius 2 is 1.74 bits per heavy atom. The summed E-state index contributed by atoms with van der Waals surface area (Å²) in [6.07, 6.45) is 4.04. The second-order valence-electron chi connectivity index (χ2n) is 10.4. The molecule has 42 heavy (non-hydrogen) atoms. The van der Waals surface area contributed by atoms with Crippen LogP contribution in [0.25, 0.3) is 22.4 Å². The molecule has 2 saturated carbocycles. The Morgan fingerprint density at radius 1 is 0.976 bits per heavy atom. The number of fused-ring (bicyclic) bond motifs is 1. The Hall–Kier alpha value is -3.96. The molecule has 210 valence electrons. The van der Waals surface area contributed by atoms with Gasteiger partial charge in [0.2, 0.25) is 0 Å². The predicted octanol–water partition coefficient (Wildman–Crippen LogP) is 8.87. The van der Waals surface area contributed by atoms with Gasteiger partial charge in [-0.1, -0.05) is 57.9 Å². The van der Waals surface area contributed by atoms with E-state index in [1.54, 1.807) is 42.5 Å². The highest BCUT2D eigenvalue weighted by Gasteiger charge is 2.34. The van der Waals surface area contributed by atoms with Crippen LogP contribution in [0, 0.1) is 11.8 Å². The second kappa shape index (κ2) is 10.7. The summed E-state index contributed by atoms with van der Waals surface area (Å²) in [4.78, 5) is 16.4. The van der Waals surface area contributed by atoms with Crippen LogP contribution < -0.4 is 4.74 Å². The van der Waals surface area contributed by atoms with Gasteiger partial charge in [-0.25, -0.2) is 9.78 Å². The molecule has 0 amide bonds. The number of nitrogens with zero attached hydrogens (tertiary/aromatic N) is 2. The molecule has 0 aliphatic heterocycles. The lowest BCUT2D eigenvalue weighted by atomic mass is 10.0. The quantitative estimate of drug-likeness (QED) is 0.182. The Balaban J connectivity index is 1.13. The van der Waals surface area contributed by atoms with Crippen molar-refractivity contribution >= 4 is 51.9 Å². The van der Waals surface area contributed by atoms with E-state index in [-0.39, 0.29) is 23.7 Å². The van der Waals surface area contributed by atoms with Gasteiger partial charge in [-0.05, 0) is 62.1 Å². The van der Waals surface area contributed by atoms with Gasteiger partial charge in [0.15, 0.2) is 11.5 Å². The summed E-state index contributed by atoms with van der Waals surface area (Å²) in [5, 5.41) is 15.4. The Kier molecular flexibility index (Phi) is 6.86. The Labute approximate surface area is 255 Å². The molecule has 2 fully saturated rings. The van der Waals surface area contributed by atoms with Crippen LogP contribution in [0.3, 0.4) is 0 Å². The van der Waals surface area contributed by atoms with Crippen LogP contribution in [0.4, 0.5) is 0 Å². The number of aromatic nitrogens is 2. The van der Waals surface area contributed by atoms with Crippen LogP contribution in [0.15, 0.2) is 57.5 Å². The van der Waals surface area contributed by atoms with Crippen molar-refractivity contribution in [3.05, 3.63) is 97.5 Å². The maximum absolute atomic E-state index is 11.9. The summed E-state index contributed by atoms with van der Waals surface area (Å²) < 4.78 is 17.6. The number of hydrogen-bond acceptors (Lipinski definition) is 6. The van der Waals surface area contributed by atoms with E-state index in [0.717, 1.165) is 37.0 Å². The minimum atomic E-state index is -1.10. The Bertz CT molecular complexity index is 1920. The van der Waals surface area contributed by atoms with E-state index >= 15 is 0 Å². The zero-order chi connectivity index (χ0) is 29.0. The van der Waals surface area contributed by atoms with Crippen molar-refractivity contribution in [1.82, 2.24) is 10.1 Å². The largest absolute Gasteiger partial charge is 0.489 e.